The van der Waals surface area contributed by atoms with Crippen LogP contribution in [0.3, 0.4) is 0 Å². The van der Waals surface area contributed by atoms with Crippen molar-refractivity contribution in [3.63, 3.8) is 0 Å². The van der Waals surface area contributed by atoms with Gasteiger partial charge < -0.3 is 5.43 Å². The van der Waals surface area contributed by atoms with E-state index in [1.165, 1.54) is 0 Å². The van der Waals surface area contributed by atoms with Crippen molar-refractivity contribution in [2.45, 2.75) is 0 Å². The zero-order chi connectivity index (χ0) is 8.81. The Morgan fingerprint density at radius 3 is 3.00 bits per heavy atom. The van der Waals surface area contributed by atoms with Gasteiger partial charge in [0.15, 0.2) is 0 Å². The van der Waals surface area contributed by atoms with Crippen molar-refractivity contribution in [1.29, 1.82) is 0 Å². The Morgan fingerprint density at radius 2 is 2.33 bits per heavy atom. The van der Waals surface area contributed by atoms with E-state index in [2.05, 4.69) is 21.4 Å². The fourth-order valence-electron chi connectivity index (χ4n) is 0.913. The van der Waals surface area contributed by atoms with Crippen molar-refractivity contribution in [3.05, 3.63) is 35.9 Å². The minimum atomic E-state index is 0.868. The lowest BCUT2D eigenvalue weighted by Crippen LogP contribution is -2.06. The van der Waals surface area contributed by atoms with E-state index in [9.17, 15) is 0 Å². The number of nitrogens with one attached hydrogen (secondary N) is 1. The normalized spacial score (nSPS) is 10.5. The van der Waals surface area contributed by atoms with Gasteiger partial charge in [-0.05, 0) is 17.7 Å². The Hall–Kier alpha value is -0.800. The molecule has 1 rings (SSSR count). The molecule has 1 aromatic rings. The van der Waals surface area contributed by atoms with Crippen LogP contribution < -0.4 is 11.3 Å². The molecule has 0 aliphatic heterocycles. The maximum atomic E-state index is 5.26. The fraction of sp³-hybridized carbons (Fsp3) is 0.111. The molecule has 64 valence electrons. The molecular weight excluding hydrogens is 216 g/mol. The molecule has 0 aliphatic rings. The van der Waals surface area contributed by atoms with E-state index in [1.54, 1.807) is 0 Å². The van der Waals surface area contributed by atoms with Gasteiger partial charge >= 0.3 is 0 Å². The SMILES string of the molecule is NNc1cccc(C=CCBr)c1. The second kappa shape index (κ2) is 4.95. The summed E-state index contributed by atoms with van der Waals surface area (Å²) >= 11 is 3.32. The van der Waals surface area contributed by atoms with Gasteiger partial charge in [0.05, 0.1) is 0 Å². The average molecular weight is 227 g/mol. The third-order valence-electron chi connectivity index (χ3n) is 1.45. The van der Waals surface area contributed by atoms with Crippen LogP contribution in [0.4, 0.5) is 5.69 Å². The van der Waals surface area contributed by atoms with Crippen LogP contribution in [0.5, 0.6) is 0 Å². The summed E-state index contributed by atoms with van der Waals surface area (Å²) in [5.74, 6) is 5.26. The summed E-state index contributed by atoms with van der Waals surface area (Å²) in [6.45, 7) is 0. The number of anilines is 1. The van der Waals surface area contributed by atoms with Crippen LogP contribution in [0.1, 0.15) is 5.56 Å². The van der Waals surface area contributed by atoms with Gasteiger partial charge in [0.2, 0.25) is 0 Å². The molecule has 0 atom stereocenters. The highest BCUT2D eigenvalue weighted by Gasteiger charge is 1.88. The molecule has 0 fully saturated rings. The molecule has 12 heavy (non-hydrogen) atoms. The second-order valence-corrected chi connectivity index (χ2v) is 2.97. The molecule has 0 bridgehead atoms. The van der Waals surface area contributed by atoms with Gasteiger partial charge in [-0.25, -0.2) is 0 Å². The predicted octanol–water partition coefficient (Wildman–Crippen LogP) is 2.38. The summed E-state index contributed by atoms with van der Waals surface area (Å²) in [4.78, 5) is 0. The summed E-state index contributed by atoms with van der Waals surface area (Å²) < 4.78 is 0. The molecule has 0 heterocycles. The van der Waals surface area contributed by atoms with Crippen molar-refractivity contribution in [2.75, 3.05) is 10.8 Å². The van der Waals surface area contributed by atoms with Gasteiger partial charge in [-0.2, -0.15) is 0 Å². The largest absolute Gasteiger partial charge is 0.324 e. The van der Waals surface area contributed by atoms with Gasteiger partial charge in [0.25, 0.3) is 0 Å². The highest BCUT2D eigenvalue weighted by molar-refractivity contribution is 9.09. The summed E-state index contributed by atoms with van der Waals surface area (Å²) in [6.07, 6.45) is 4.07. The molecule has 3 N–H and O–H groups in total. The number of nitrogen functional groups attached to an aromatic ring is 1. The lowest BCUT2D eigenvalue weighted by molar-refractivity contribution is 1.35. The minimum absolute atomic E-state index is 0.868. The number of hydrogen-bond acceptors (Lipinski definition) is 2. The molecule has 0 saturated heterocycles. The van der Waals surface area contributed by atoms with Crippen LogP contribution in [0.2, 0.25) is 0 Å². The number of rotatable bonds is 3. The predicted molar refractivity (Wildman–Crippen MR) is 57.1 cm³/mol. The van der Waals surface area contributed by atoms with Crippen LogP contribution in [0.15, 0.2) is 30.3 Å². The van der Waals surface area contributed by atoms with Crippen molar-refractivity contribution in [2.24, 2.45) is 5.84 Å². The lowest BCUT2D eigenvalue weighted by Gasteiger charge is -1.99. The number of allylic oxidation sites excluding steroid dienone is 1. The van der Waals surface area contributed by atoms with Crippen molar-refractivity contribution in [3.8, 4) is 0 Å². The zero-order valence-electron chi connectivity index (χ0n) is 6.63. The van der Waals surface area contributed by atoms with Crippen molar-refractivity contribution < 1.29 is 0 Å². The Bertz CT molecular complexity index is 271. The summed E-state index contributed by atoms with van der Waals surface area (Å²) in [5, 5.41) is 0.868. The first-order valence-corrected chi connectivity index (χ1v) is 4.78. The third kappa shape index (κ3) is 2.68. The highest BCUT2D eigenvalue weighted by Crippen LogP contribution is 2.10. The Balaban J connectivity index is 2.79. The number of nitrogens with two attached hydrogens (primary N) is 1. The van der Waals surface area contributed by atoms with E-state index >= 15 is 0 Å². The Morgan fingerprint density at radius 1 is 1.50 bits per heavy atom. The topological polar surface area (TPSA) is 38.0 Å². The molecular formula is C9H11BrN2. The monoisotopic (exact) mass is 226 g/mol. The summed E-state index contributed by atoms with van der Waals surface area (Å²) in [7, 11) is 0. The number of halogens is 1. The Kier molecular flexibility index (Phi) is 3.84. The molecule has 0 unspecified atom stereocenters. The first-order chi connectivity index (χ1) is 5.86. The van der Waals surface area contributed by atoms with Gasteiger partial charge in [0.1, 0.15) is 0 Å². The van der Waals surface area contributed by atoms with E-state index in [-0.39, 0.29) is 0 Å². The Labute approximate surface area is 80.6 Å². The van der Waals surface area contributed by atoms with Gasteiger partial charge in [-0.15, -0.1) is 0 Å². The maximum Gasteiger partial charge on any atom is 0.0491 e. The van der Waals surface area contributed by atoms with Crippen molar-refractivity contribution in [1.82, 2.24) is 0 Å². The van der Waals surface area contributed by atoms with Crippen LogP contribution in [-0.2, 0) is 0 Å². The standard InChI is InChI=1S/C9H11BrN2/c10-6-2-4-8-3-1-5-9(7-8)12-11/h1-5,7,12H,6,11H2. The average Bonchev–Trinajstić information content (AvgIpc) is 2.15. The summed E-state index contributed by atoms with van der Waals surface area (Å²) in [5.41, 5.74) is 4.66. The van der Waals surface area contributed by atoms with Gasteiger partial charge in [0, 0.05) is 11.0 Å². The van der Waals surface area contributed by atoms with E-state index < -0.39 is 0 Å². The zero-order valence-corrected chi connectivity index (χ0v) is 8.21. The van der Waals surface area contributed by atoms with Crippen LogP contribution in [0, 0.1) is 0 Å². The van der Waals surface area contributed by atoms with Crippen LogP contribution >= 0.6 is 15.9 Å². The molecule has 3 heteroatoms. The molecule has 1 aromatic carbocycles. The molecule has 0 aromatic heterocycles. The van der Waals surface area contributed by atoms with Crippen LogP contribution in [-0.4, -0.2) is 5.33 Å². The number of hydrogen-bond donors (Lipinski definition) is 2. The molecule has 2 nitrogen and oxygen atoms in total. The van der Waals surface area contributed by atoms with Gasteiger partial charge in [-0.3, -0.25) is 5.84 Å². The van der Waals surface area contributed by atoms with Gasteiger partial charge in [-0.1, -0.05) is 40.2 Å². The van der Waals surface area contributed by atoms with E-state index in [0.29, 0.717) is 0 Å². The first-order valence-electron chi connectivity index (χ1n) is 3.66. The summed E-state index contributed by atoms with van der Waals surface area (Å²) in [6, 6.07) is 7.90. The number of alkyl halides is 1. The minimum Gasteiger partial charge on any atom is -0.324 e. The number of benzene rings is 1. The number of hydrazine groups is 1. The smallest absolute Gasteiger partial charge is 0.0491 e. The van der Waals surface area contributed by atoms with Crippen LogP contribution in [0.25, 0.3) is 6.08 Å². The maximum absolute atomic E-state index is 5.26. The highest BCUT2D eigenvalue weighted by atomic mass is 79.9. The second-order valence-electron chi connectivity index (χ2n) is 2.33. The molecule has 0 radical (unpaired) electrons. The third-order valence-corrected chi connectivity index (χ3v) is 1.83. The van der Waals surface area contributed by atoms with E-state index in [4.69, 9.17) is 5.84 Å². The van der Waals surface area contributed by atoms with E-state index in [1.807, 2.05) is 36.4 Å². The fourth-order valence-corrected chi connectivity index (χ4v) is 1.10. The quantitative estimate of drug-likeness (QED) is 0.472. The first kappa shape index (κ1) is 9.29. The molecule has 0 aliphatic carbocycles. The molecule has 0 amide bonds. The molecule has 0 saturated carbocycles. The molecule has 0 spiro atoms. The van der Waals surface area contributed by atoms with Crippen molar-refractivity contribution >= 4 is 27.7 Å². The van der Waals surface area contributed by atoms with E-state index in [0.717, 1.165) is 16.6 Å². The lowest BCUT2D eigenvalue weighted by atomic mass is 10.2.